The van der Waals surface area contributed by atoms with E-state index in [-0.39, 0.29) is 0 Å². The van der Waals surface area contributed by atoms with E-state index in [1.54, 1.807) is 32.0 Å². The Morgan fingerprint density at radius 3 is 2.22 bits per heavy atom. The third kappa shape index (κ3) is 2.01. The van der Waals surface area contributed by atoms with Crippen LogP contribution in [0.15, 0.2) is 18.2 Å². The van der Waals surface area contributed by atoms with E-state index in [4.69, 9.17) is 24.4 Å². The van der Waals surface area contributed by atoms with Gasteiger partial charge in [-0.3, -0.25) is 5.41 Å². The molecule has 8 nitrogen and oxygen atoms in total. The number of hydrogen-bond acceptors (Lipinski definition) is 8. The lowest BCUT2D eigenvalue weighted by molar-refractivity contribution is -0.268. The summed E-state index contributed by atoms with van der Waals surface area (Å²) in [5, 5.41) is 38.3. The molecule has 3 rings (SSSR count). The second-order valence-corrected chi connectivity index (χ2v) is 6.73. The average molecular weight is 366 g/mol. The van der Waals surface area contributed by atoms with E-state index < -0.39 is 34.5 Å². The summed E-state index contributed by atoms with van der Waals surface area (Å²) in [6.07, 6.45) is -1.13. The number of fused-ring (bicyclic) bond motifs is 2. The Morgan fingerprint density at radius 2 is 1.70 bits per heavy atom. The summed E-state index contributed by atoms with van der Waals surface area (Å²) in [5.41, 5.74) is -3.29. The highest BCUT2D eigenvalue weighted by Gasteiger charge is 2.78. The molecule has 0 radical (unpaired) electrons. The molecule has 0 spiro atoms. The number of nitriles is 3. The zero-order valence-electron chi connectivity index (χ0n) is 15.4. The Kier molecular flexibility index (Phi) is 4.03. The van der Waals surface area contributed by atoms with Gasteiger partial charge in [0.05, 0.1) is 38.3 Å². The summed E-state index contributed by atoms with van der Waals surface area (Å²) >= 11 is 0. The predicted octanol–water partition coefficient (Wildman–Crippen LogP) is 2.68. The van der Waals surface area contributed by atoms with Crippen molar-refractivity contribution < 1.29 is 18.9 Å². The molecule has 1 aromatic rings. The van der Waals surface area contributed by atoms with Crippen molar-refractivity contribution in [1.82, 2.24) is 0 Å². The highest BCUT2D eigenvalue weighted by Crippen LogP contribution is 2.66. The molecule has 2 saturated heterocycles. The Bertz CT molecular complexity index is 926. The highest BCUT2D eigenvalue weighted by molar-refractivity contribution is 5.89. The molecule has 27 heavy (non-hydrogen) atoms. The van der Waals surface area contributed by atoms with E-state index in [0.717, 1.165) is 0 Å². The topological polar surface area (TPSA) is 132 Å². The van der Waals surface area contributed by atoms with Crippen LogP contribution in [0.3, 0.4) is 0 Å². The van der Waals surface area contributed by atoms with E-state index in [2.05, 4.69) is 0 Å². The van der Waals surface area contributed by atoms with Crippen LogP contribution in [0.5, 0.6) is 11.5 Å². The van der Waals surface area contributed by atoms with Crippen molar-refractivity contribution in [3.63, 3.8) is 0 Å². The first-order valence-electron chi connectivity index (χ1n) is 8.21. The Labute approximate surface area is 156 Å². The van der Waals surface area contributed by atoms with E-state index in [1.165, 1.54) is 14.2 Å². The SMILES string of the molecule is COc1ccc(C2OC3(C)OC(=N)C(C#N)(C3C)C2(C#N)C#N)cc1OC. The summed E-state index contributed by atoms with van der Waals surface area (Å²) in [6, 6.07) is 10.9. The molecule has 4 atom stereocenters. The lowest BCUT2D eigenvalue weighted by atomic mass is 9.54. The van der Waals surface area contributed by atoms with Gasteiger partial charge in [0.25, 0.3) is 0 Å². The zero-order valence-corrected chi connectivity index (χ0v) is 15.4. The van der Waals surface area contributed by atoms with Gasteiger partial charge < -0.3 is 18.9 Å². The predicted molar refractivity (Wildman–Crippen MR) is 91.5 cm³/mol. The van der Waals surface area contributed by atoms with Gasteiger partial charge in [-0.1, -0.05) is 13.0 Å². The fourth-order valence-corrected chi connectivity index (χ4v) is 4.03. The van der Waals surface area contributed by atoms with Crippen molar-refractivity contribution in [2.75, 3.05) is 14.2 Å². The average Bonchev–Trinajstić information content (AvgIpc) is 2.82. The zero-order chi connectivity index (χ0) is 20.0. The summed E-state index contributed by atoms with van der Waals surface area (Å²) in [6.45, 7) is 3.26. The molecule has 2 aliphatic heterocycles. The first kappa shape index (κ1) is 18.5. The van der Waals surface area contributed by atoms with Crippen LogP contribution in [0.25, 0.3) is 0 Å². The molecule has 0 amide bonds. The quantitative estimate of drug-likeness (QED) is 0.869. The normalized spacial score (nSPS) is 33.1. The minimum Gasteiger partial charge on any atom is -0.493 e. The van der Waals surface area contributed by atoms with Crippen LogP contribution in [0, 0.1) is 56.2 Å². The van der Waals surface area contributed by atoms with Gasteiger partial charge in [0.1, 0.15) is 6.10 Å². The molecule has 0 saturated carbocycles. The monoisotopic (exact) mass is 366 g/mol. The molecule has 0 aromatic heterocycles. The van der Waals surface area contributed by atoms with E-state index in [1.807, 2.05) is 18.2 Å². The van der Waals surface area contributed by atoms with Crippen LogP contribution in [-0.4, -0.2) is 25.9 Å². The minimum atomic E-state index is -1.98. The highest BCUT2D eigenvalue weighted by atomic mass is 16.7. The van der Waals surface area contributed by atoms with Crippen molar-refractivity contribution in [2.45, 2.75) is 25.7 Å². The fraction of sp³-hybridized carbons (Fsp3) is 0.474. The maximum absolute atomic E-state index is 10.0. The summed E-state index contributed by atoms with van der Waals surface area (Å²) < 4.78 is 22.2. The second kappa shape index (κ2) is 5.87. The number of hydrogen-bond donors (Lipinski definition) is 1. The van der Waals surface area contributed by atoms with Crippen molar-refractivity contribution in [1.29, 1.82) is 21.2 Å². The van der Waals surface area contributed by atoms with E-state index in [9.17, 15) is 15.8 Å². The molecule has 2 aliphatic rings. The molecule has 4 unspecified atom stereocenters. The van der Waals surface area contributed by atoms with E-state index in [0.29, 0.717) is 17.1 Å². The molecule has 1 N–H and O–H groups in total. The third-order valence-corrected chi connectivity index (χ3v) is 5.71. The standard InChI is InChI=1S/C19H18N4O4/c1-11-17(2)26-15(12-5-6-13(24-3)14(7-12)25-4)18(8-20,9-21)19(11,10-22)16(23)27-17/h5-7,11,15,23H,1-4H3. The van der Waals surface area contributed by atoms with Gasteiger partial charge >= 0.3 is 0 Å². The summed E-state index contributed by atoms with van der Waals surface area (Å²) in [5.74, 6) is -1.58. The van der Waals surface area contributed by atoms with Crippen molar-refractivity contribution in [3.8, 4) is 29.7 Å². The molecule has 138 valence electrons. The van der Waals surface area contributed by atoms with Crippen LogP contribution in [0.1, 0.15) is 25.5 Å². The molecule has 2 bridgehead atoms. The number of benzene rings is 1. The van der Waals surface area contributed by atoms with Gasteiger partial charge in [0.15, 0.2) is 16.9 Å². The van der Waals surface area contributed by atoms with E-state index >= 15 is 0 Å². The molecular formula is C19H18N4O4. The largest absolute Gasteiger partial charge is 0.493 e. The number of rotatable bonds is 3. The maximum Gasteiger partial charge on any atom is 0.214 e. The van der Waals surface area contributed by atoms with Crippen molar-refractivity contribution in [2.24, 2.45) is 16.7 Å². The number of nitrogens with zero attached hydrogens (tertiary/aromatic N) is 3. The van der Waals surface area contributed by atoms with Gasteiger partial charge in [-0.05, 0) is 17.7 Å². The lowest BCUT2D eigenvalue weighted by Gasteiger charge is -2.47. The molecular weight excluding hydrogens is 348 g/mol. The Morgan fingerprint density at radius 1 is 1.07 bits per heavy atom. The van der Waals surface area contributed by atoms with Crippen molar-refractivity contribution in [3.05, 3.63) is 23.8 Å². The van der Waals surface area contributed by atoms with Crippen LogP contribution in [0.2, 0.25) is 0 Å². The van der Waals surface area contributed by atoms with Crippen LogP contribution < -0.4 is 9.47 Å². The minimum absolute atomic E-state index is 0.390. The Balaban J connectivity index is 2.29. The van der Waals surface area contributed by atoms with Crippen molar-refractivity contribution >= 4 is 5.90 Å². The summed E-state index contributed by atoms with van der Waals surface area (Å²) in [4.78, 5) is 0. The van der Waals surface area contributed by atoms with Gasteiger partial charge in [-0.25, -0.2) is 0 Å². The third-order valence-electron chi connectivity index (χ3n) is 5.71. The maximum atomic E-state index is 10.0. The van der Waals surface area contributed by atoms with Crippen LogP contribution in [-0.2, 0) is 9.47 Å². The van der Waals surface area contributed by atoms with Gasteiger partial charge in [0.2, 0.25) is 17.1 Å². The molecule has 2 fully saturated rings. The molecule has 8 heteroatoms. The Hall–Kier alpha value is -3.28. The van der Waals surface area contributed by atoms with Crippen LogP contribution in [0.4, 0.5) is 0 Å². The van der Waals surface area contributed by atoms with Gasteiger partial charge in [-0.15, -0.1) is 0 Å². The number of nitrogens with one attached hydrogen (secondary N) is 1. The lowest BCUT2D eigenvalue weighted by Crippen LogP contribution is -2.57. The molecule has 0 aliphatic carbocycles. The smallest absolute Gasteiger partial charge is 0.214 e. The van der Waals surface area contributed by atoms with Crippen LogP contribution >= 0.6 is 0 Å². The first-order valence-corrected chi connectivity index (χ1v) is 8.21. The molecule has 1 aromatic carbocycles. The number of ether oxygens (including phenoxy) is 4. The van der Waals surface area contributed by atoms with Gasteiger partial charge in [0, 0.05) is 6.92 Å². The first-order chi connectivity index (χ1) is 12.8. The fourth-order valence-electron chi connectivity index (χ4n) is 4.03. The van der Waals surface area contributed by atoms with Gasteiger partial charge in [-0.2, -0.15) is 15.8 Å². The summed E-state index contributed by atoms with van der Waals surface area (Å²) in [7, 11) is 2.96. The molecule has 2 heterocycles. The number of methoxy groups -OCH3 is 2. The second-order valence-electron chi connectivity index (χ2n) is 6.73.